The van der Waals surface area contributed by atoms with E-state index >= 15 is 0 Å². The highest BCUT2D eigenvalue weighted by molar-refractivity contribution is 5.94. The van der Waals surface area contributed by atoms with Crippen LogP contribution in [0.15, 0.2) is 18.2 Å². The Kier molecular flexibility index (Phi) is 4.03. The van der Waals surface area contributed by atoms with Crippen molar-refractivity contribution in [3.63, 3.8) is 0 Å². The van der Waals surface area contributed by atoms with E-state index in [0.717, 1.165) is 43.4 Å². The van der Waals surface area contributed by atoms with Crippen molar-refractivity contribution in [3.05, 3.63) is 34.9 Å². The fraction of sp³-hybridized carbons (Fsp3) is 0.562. The highest BCUT2D eigenvalue weighted by Gasteiger charge is 2.26. The minimum atomic E-state index is -0.0329. The van der Waals surface area contributed by atoms with Gasteiger partial charge in [-0.05, 0) is 36.1 Å². The maximum Gasteiger partial charge on any atom is 0.254 e. The molecule has 4 nitrogen and oxygen atoms in total. The lowest BCUT2D eigenvalue weighted by Gasteiger charge is -2.28. The van der Waals surface area contributed by atoms with E-state index < -0.39 is 0 Å². The fourth-order valence-corrected chi connectivity index (χ4v) is 3.11. The van der Waals surface area contributed by atoms with E-state index in [1.165, 1.54) is 5.56 Å². The van der Waals surface area contributed by atoms with Gasteiger partial charge in [0.25, 0.3) is 5.91 Å². The molecule has 1 unspecified atom stereocenters. The minimum absolute atomic E-state index is 0.0329. The minimum Gasteiger partial charge on any atom is -0.394 e. The van der Waals surface area contributed by atoms with Gasteiger partial charge in [0.1, 0.15) is 0 Å². The van der Waals surface area contributed by atoms with E-state index in [2.05, 4.69) is 0 Å². The second-order valence-corrected chi connectivity index (χ2v) is 5.66. The van der Waals surface area contributed by atoms with Gasteiger partial charge in [-0.2, -0.15) is 0 Å². The van der Waals surface area contributed by atoms with Crippen LogP contribution >= 0.6 is 0 Å². The molecule has 2 aliphatic heterocycles. The van der Waals surface area contributed by atoms with Gasteiger partial charge >= 0.3 is 0 Å². The topological polar surface area (TPSA) is 49.8 Å². The van der Waals surface area contributed by atoms with Gasteiger partial charge in [0.05, 0.1) is 25.9 Å². The van der Waals surface area contributed by atoms with E-state index in [1.807, 2.05) is 23.1 Å². The molecule has 1 atom stereocenters. The number of carbonyl (C=O) groups excluding carboxylic acids is 1. The molecule has 1 aromatic carbocycles. The molecule has 0 spiro atoms. The van der Waals surface area contributed by atoms with Crippen LogP contribution in [0.4, 0.5) is 0 Å². The van der Waals surface area contributed by atoms with Gasteiger partial charge in [0, 0.05) is 12.1 Å². The maximum atomic E-state index is 12.7. The van der Waals surface area contributed by atoms with Crippen LogP contribution < -0.4 is 0 Å². The highest BCUT2D eigenvalue weighted by Crippen LogP contribution is 2.24. The molecule has 1 fully saturated rings. The average Bonchev–Trinajstić information content (AvgIpc) is 2.81. The molecule has 0 saturated carbocycles. The predicted octanol–water partition coefficient (Wildman–Crippen LogP) is 2.09. The number of aliphatic hydroxyl groups is 1. The van der Waals surface area contributed by atoms with Gasteiger partial charge in [-0.3, -0.25) is 4.79 Å². The molecule has 0 aliphatic carbocycles. The number of rotatable bonds is 2. The SMILES string of the molecule is O=C(c1ccc2c(c1)COC2)N1CCCCCC1CO. The monoisotopic (exact) mass is 275 g/mol. The number of hydrogen-bond acceptors (Lipinski definition) is 3. The summed E-state index contributed by atoms with van der Waals surface area (Å²) in [5.41, 5.74) is 3.01. The number of ether oxygens (including phenoxy) is 1. The molecule has 1 aromatic rings. The molecule has 1 amide bonds. The summed E-state index contributed by atoms with van der Waals surface area (Å²) in [6.07, 6.45) is 4.15. The van der Waals surface area contributed by atoms with Crippen LogP contribution in [0.5, 0.6) is 0 Å². The maximum absolute atomic E-state index is 12.7. The smallest absolute Gasteiger partial charge is 0.254 e. The van der Waals surface area contributed by atoms with Crippen molar-refractivity contribution in [2.24, 2.45) is 0 Å². The van der Waals surface area contributed by atoms with Crippen molar-refractivity contribution in [1.29, 1.82) is 0 Å². The Balaban J connectivity index is 1.83. The summed E-state index contributed by atoms with van der Waals surface area (Å²) in [5, 5.41) is 9.52. The van der Waals surface area contributed by atoms with E-state index in [-0.39, 0.29) is 18.6 Å². The number of fused-ring (bicyclic) bond motifs is 1. The van der Waals surface area contributed by atoms with Crippen LogP contribution in [-0.2, 0) is 18.0 Å². The normalized spacial score (nSPS) is 22.4. The number of nitrogens with zero attached hydrogens (tertiary/aromatic N) is 1. The Morgan fingerprint density at radius 1 is 1.25 bits per heavy atom. The zero-order valence-corrected chi connectivity index (χ0v) is 11.7. The summed E-state index contributed by atoms with van der Waals surface area (Å²) < 4.78 is 5.39. The van der Waals surface area contributed by atoms with Crippen LogP contribution in [0.3, 0.4) is 0 Å². The Morgan fingerprint density at radius 3 is 2.95 bits per heavy atom. The van der Waals surface area contributed by atoms with Crippen LogP contribution in [-0.4, -0.2) is 35.1 Å². The number of carbonyl (C=O) groups is 1. The first-order valence-electron chi connectivity index (χ1n) is 7.41. The van der Waals surface area contributed by atoms with Crippen molar-refractivity contribution in [3.8, 4) is 0 Å². The van der Waals surface area contributed by atoms with E-state index in [1.54, 1.807) is 0 Å². The second kappa shape index (κ2) is 5.94. The van der Waals surface area contributed by atoms with Crippen LogP contribution in [0, 0.1) is 0 Å². The lowest BCUT2D eigenvalue weighted by atomic mass is 10.0. The molecule has 0 bridgehead atoms. The molecule has 1 N–H and O–H groups in total. The predicted molar refractivity (Wildman–Crippen MR) is 75.3 cm³/mol. The lowest BCUT2D eigenvalue weighted by molar-refractivity contribution is 0.0599. The van der Waals surface area contributed by atoms with Crippen molar-refractivity contribution in [2.75, 3.05) is 13.2 Å². The summed E-state index contributed by atoms with van der Waals surface area (Å²) in [6.45, 7) is 2.05. The first-order chi connectivity index (χ1) is 9.79. The van der Waals surface area contributed by atoms with Crippen molar-refractivity contribution >= 4 is 5.91 Å². The first kappa shape index (κ1) is 13.6. The third-order valence-electron chi connectivity index (χ3n) is 4.32. The van der Waals surface area contributed by atoms with E-state index in [4.69, 9.17) is 4.74 Å². The first-order valence-corrected chi connectivity index (χ1v) is 7.41. The molecule has 1 saturated heterocycles. The molecule has 3 rings (SSSR count). The van der Waals surface area contributed by atoms with Gasteiger partial charge in [0.15, 0.2) is 0 Å². The molecule has 0 radical (unpaired) electrons. The quantitative estimate of drug-likeness (QED) is 0.899. The third kappa shape index (κ3) is 2.58. The van der Waals surface area contributed by atoms with Crippen LogP contribution in [0.2, 0.25) is 0 Å². The number of aliphatic hydroxyl groups excluding tert-OH is 1. The Bertz CT molecular complexity index is 500. The summed E-state index contributed by atoms with van der Waals surface area (Å²) >= 11 is 0. The molecule has 108 valence electrons. The zero-order chi connectivity index (χ0) is 13.9. The van der Waals surface area contributed by atoms with Crippen molar-refractivity contribution in [2.45, 2.75) is 44.9 Å². The third-order valence-corrected chi connectivity index (χ3v) is 4.32. The fourth-order valence-electron chi connectivity index (χ4n) is 3.11. The van der Waals surface area contributed by atoms with Crippen LogP contribution in [0.1, 0.15) is 47.2 Å². The summed E-state index contributed by atoms with van der Waals surface area (Å²) in [5.74, 6) is 0.0423. The lowest BCUT2D eigenvalue weighted by Crippen LogP contribution is -2.42. The number of benzene rings is 1. The summed E-state index contributed by atoms with van der Waals surface area (Å²) in [4.78, 5) is 14.5. The Morgan fingerprint density at radius 2 is 2.10 bits per heavy atom. The van der Waals surface area contributed by atoms with Crippen molar-refractivity contribution < 1.29 is 14.6 Å². The van der Waals surface area contributed by atoms with Gasteiger partial charge < -0.3 is 14.7 Å². The van der Waals surface area contributed by atoms with Gasteiger partial charge in [-0.15, -0.1) is 0 Å². The number of amides is 1. The largest absolute Gasteiger partial charge is 0.394 e. The van der Waals surface area contributed by atoms with Gasteiger partial charge in [-0.1, -0.05) is 18.9 Å². The molecule has 2 heterocycles. The summed E-state index contributed by atoms with van der Waals surface area (Å²) in [7, 11) is 0. The number of likely N-dealkylation sites (tertiary alicyclic amines) is 1. The van der Waals surface area contributed by atoms with Gasteiger partial charge in [0.2, 0.25) is 0 Å². The van der Waals surface area contributed by atoms with E-state index in [9.17, 15) is 9.90 Å². The average molecular weight is 275 g/mol. The zero-order valence-electron chi connectivity index (χ0n) is 11.7. The molecule has 20 heavy (non-hydrogen) atoms. The number of hydrogen-bond donors (Lipinski definition) is 1. The Labute approximate surface area is 119 Å². The highest BCUT2D eigenvalue weighted by atomic mass is 16.5. The summed E-state index contributed by atoms with van der Waals surface area (Å²) in [6, 6.07) is 5.79. The molecule has 2 aliphatic rings. The standard InChI is InChI=1S/C16H21NO3/c18-9-15-4-2-1-3-7-17(15)16(19)12-5-6-13-10-20-11-14(13)8-12/h5-6,8,15,18H,1-4,7,9-11H2. The Hall–Kier alpha value is -1.39. The van der Waals surface area contributed by atoms with E-state index in [0.29, 0.717) is 13.2 Å². The van der Waals surface area contributed by atoms with Crippen LogP contribution in [0.25, 0.3) is 0 Å². The molecule has 0 aromatic heterocycles. The molecular formula is C16H21NO3. The molecular weight excluding hydrogens is 254 g/mol. The second-order valence-electron chi connectivity index (χ2n) is 5.66. The van der Waals surface area contributed by atoms with Gasteiger partial charge in [-0.25, -0.2) is 0 Å². The molecule has 4 heteroatoms. The van der Waals surface area contributed by atoms with Crippen molar-refractivity contribution in [1.82, 2.24) is 4.90 Å².